The molecule has 2 N–H and O–H groups in total. The highest BCUT2D eigenvalue weighted by Gasteiger charge is 2.12. The van der Waals surface area contributed by atoms with Crippen molar-refractivity contribution in [3.8, 4) is 6.07 Å². The molecule has 4 nitrogen and oxygen atoms in total. The maximum atomic E-state index is 9.44. The van der Waals surface area contributed by atoms with E-state index in [4.69, 9.17) is 0 Å². The van der Waals surface area contributed by atoms with Crippen LogP contribution in [0.15, 0.2) is 18.2 Å². The van der Waals surface area contributed by atoms with Crippen LogP contribution in [0.1, 0.15) is 38.8 Å². The van der Waals surface area contributed by atoms with E-state index in [0.717, 1.165) is 17.8 Å². The third-order valence-corrected chi connectivity index (χ3v) is 2.95. The van der Waals surface area contributed by atoms with E-state index in [1.165, 1.54) is 0 Å². The molecule has 0 aliphatic carbocycles. The standard InChI is InChI=1S/C16H25N3O/c1-12(20)11-19(5)15-7-6-13(8-14(15)9-17)10-18-16(2,3)4/h6-8,12,18,20H,10-11H2,1-5H3. The molecule has 1 aromatic carbocycles. The summed E-state index contributed by atoms with van der Waals surface area (Å²) in [6, 6.07) is 8.11. The lowest BCUT2D eigenvalue weighted by Crippen LogP contribution is -2.35. The molecule has 0 saturated heterocycles. The molecule has 0 amide bonds. The van der Waals surface area contributed by atoms with Crippen molar-refractivity contribution in [3.63, 3.8) is 0 Å². The van der Waals surface area contributed by atoms with Gasteiger partial charge < -0.3 is 15.3 Å². The van der Waals surface area contributed by atoms with E-state index in [0.29, 0.717) is 12.1 Å². The second-order valence-corrected chi connectivity index (χ2v) is 6.30. The molecule has 0 heterocycles. The number of aliphatic hydroxyl groups is 1. The molecule has 4 heteroatoms. The summed E-state index contributed by atoms with van der Waals surface area (Å²) in [7, 11) is 1.88. The van der Waals surface area contributed by atoms with E-state index < -0.39 is 6.10 Å². The van der Waals surface area contributed by atoms with Gasteiger partial charge in [-0.1, -0.05) is 6.07 Å². The first-order valence-corrected chi connectivity index (χ1v) is 6.90. The minimum atomic E-state index is -0.422. The summed E-state index contributed by atoms with van der Waals surface area (Å²) < 4.78 is 0. The molecular weight excluding hydrogens is 250 g/mol. The van der Waals surface area contributed by atoms with Gasteiger partial charge in [-0.05, 0) is 45.4 Å². The third kappa shape index (κ3) is 5.20. The lowest BCUT2D eigenvalue weighted by atomic mass is 10.1. The predicted molar refractivity (Wildman–Crippen MR) is 82.7 cm³/mol. The third-order valence-electron chi connectivity index (χ3n) is 2.95. The van der Waals surface area contributed by atoms with Gasteiger partial charge in [0.15, 0.2) is 0 Å². The van der Waals surface area contributed by atoms with Crippen molar-refractivity contribution < 1.29 is 5.11 Å². The Hall–Kier alpha value is -1.57. The van der Waals surface area contributed by atoms with Crippen LogP contribution in [0, 0.1) is 11.3 Å². The summed E-state index contributed by atoms with van der Waals surface area (Å²) in [4.78, 5) is 1.91. The fourth-order valence-electron chi connectivity index (χ4n) is 1.98. The average molecular weight is 275 g/mol. The smallest absolute Gasteiger partial charge is 0.101 e. The number of hydrogen-bond acceptors (Lipinski definition) is 4. The van der Waals surface area contributed by atoms with E-state index in [2.05, 4.69) is 32.2 Å². The number of rotatable bonds is 5. The first kappa shape index (κ1) is 16.5. The second-order valence-electron chi connectivity index (χ2n) is 6.30. The molecule has 0 fully saturated rings. The summed E-state index contributed by atoms with van der Waals surface area (Å²) in [6.07, 6.45) is -0.422. The summed E-state index contributed by atoms with van der Waals surface area (Å²) in [5, 5.41) is 22.1. The first-order valence-electron chi connectivity index (χ1n) is 6.90. The van der Waals surface area contributed by atoms with Crippen molar-refractivity contribution in [1.82, 2.24) is 5.32 Å². The zero-order valence-corrected chi connectivity index (χ0v) is 13.1. The Labute approximate surface area is 122 Å². The fraction of sp³-hybridized carbons (Fsp3) is 0.562. The number of anilines is 1. The first-order chi connectivity index (χ1) is 9.23. The van der Waals surface area contributed by atoms with Crippen LogP contribution in [0.3, 0.4) is 0 Å². The number of nitrogens with one attached hydrogen (secondary N) is 1. The minimum absolute atomic E-state index is 0.0502. The van der Waals surface area contributed by atoms with Crippen LogP contribution in [0.25, 0.3) is 0 Å². The molecule has 0 radical (unpaired) electrons. The molecule has 0 bridgehead atoms. The largest absolute Gasteiger partial charge is 0.392 e. The van der Waals surface area contributed by atoms with E-state index in [-0.39, 0.29) is 5.54 Å². The number of hydrogen-bond donors (Lipinski definition) is 2. The highest BCUT2D eigenvalue weighted by Crippen LogP contribution is 2.21. The molecular formula is C16H25N3O. The Morgan fingerprint density at radius 3 is 2.55 bits per heavy atom. The number of nitriles is 1. The normalized spacial score (nSPS) is 12.8. The topological polar surface area (TPSA) is 59.3 Å². The molecule has 0 aliphatic rings. The Kier molecular flexibility index (Phi) is 5.55. The zero-order valence-electron chi connectivity index (χ0n) is 13.1. The second kappa shape index (κ2) is 6.74. The number of aliphatic hydroxyl groups excluding tert-OH is 1. The minimum Gasteiger partial charge on any atom is -0.392 e. The summed E-state index contributed by atoms with van der Waals surface area (Å²) >= 11 is 0. The van der Waals surface area contributed by atoms with Gasteiger partial charge in [0.2, 0.25) is 0 Å². The van der Waals surface area contributed by atoms with Gasteiger partial charge in [0, 0.05) is 25.7 Å². The Bertz CT molecular complexity index is 483. The van der Waals surface area contributed by atoms with Crippen molar-refractivity contribution >= 4 is 5.69 Å². The van der Waals surface area contributed by atoms with Gasteiger partial charge in [0.1, 0.15) is 6.07 Å². The van der Waals surface area contributed by atoms with Crippen molar-refractivity contribution in [2.24, 2.45) is 0 Å². The maximum Gasteiger partial charge on any atom is 0.101 e. The van der Waals surface area contributed by atoms with Crippen molar-refractivity contribution in [1.29, 1.82) is 5.26 Å². The van der Waals surface area contributed by atoms with Crippen LogP contribution >= 0.6 is 0 Å². The van der Waals surface area contributed by atoms with Gasteiger partial charge in [0.25, 0.3) is 0 Å². The lowest BCUT2D eigenvalue weighted by molar-refractivity contribution is 0.201. The Morgan fingerprint density at radius 2 is 2.05 bits per heavy atom. The van der Waals surface area contributed by atoms with Gasteiger partial charge in [0.05, 0.1) is 17.4 Å². The Morgan fingerprint density at radius 1 is 1.40 bits per heavy atom. The summed E-state index contributed by atoms with van der Waals surface area (Å²) in [5.41, 5.74) is 2.63. The molecule has 0 aliphatic heterocycles. The summed E-state index contributed by atoms with van der Waals surface area (Å²) in [5.74, 6) is 0. The van der Waals surface area contributed by atoms with Crippen LogP contribution < -0.4 is 10.2 Å². The molecule has 20 heavy (non-hydrogen) atoms. The van der Waals surface area contributed by atoms with Crippen molar-refractivity contribution in [3.05, 3.63) is 29.3 Å². The molecule has 0 aromatic heterocycles. The van der Waals surface area contributed by atoms with Crippen LogP contribution in [0.2, 0.25) is 0 Å². The molecule has 1 atom stereocenters. The predicted octanol–water partition coefficient (Wildman–Crippen LogP) is 2.26. The lowest BCUT2D eigenvalue weighted by Gasteiger charge is -2.23. The van der Waals surface area contributed by atoms with Gasteiger partial charge in [-0.2, -0.15) is 5.26 Å². The molecule has 1 aromatic rings. The van der Waals surface area contributed by atoms with Gasteiger partial charge >= 0.3 is 0 Å². The van der Waals surface area contributed by atoms with Crippen molar-refractivity contribution in [2.75, 3.05) is 18.5 Å². The number of nitrogens with zero attached hydrogens (tertiary/aromatic N) is 2. The maximum absolute atomic E-state index is 9.44. The molecule has 1 rings (SSSR count). The zero-order chi connectivity index (χ0) is 15.3. The number of likely N-dealkylation sites (N-methyl/N-ethyl adjacent to an activating group) is 1. The molecule has 0 spiro atoms. The van der Waals surface area contributed by atoms with Gasteiger partial charge in [-0.3, -0.25) is 0 Å². The van der Waals surface area contributed by atoms with Gasteiger partial charge in [-0.15, -0.1) is 0 Å². The van der Waals surface area contributed by atoms with Crippen LogP contribution in [0.5, 0.6) is 0 Å². The average Bonchev–Trinajstić information content (AvgIpc) is 2.34. The van der Waals surface area contributed by atoms with E-state index in [1.807, 2.05) is 30.1 Å². The highest BCUT2D eigenvalue weighted by molar-refractivity contribution is 5.60. The monoisotopic (exact) mass is 275 g/mol. The molecule has 110 valence electrons. The van der Waals surface area contributed by atoms with Crippen LogP contribution in [-0.4, -0.2) is 30.3 Å². The van der Waals surface area contributed by atoms with E-state index in [9.17, 15) is 10.4 Å². The SMILES string of the molecule is CC(O)CN(C)c1ccc(CNC(C)(C)C)cc1C#N. The van der Waals surface area contributed by atoms with Gasteiger partial charge in [-0.25, -0.2) is 0 Å². The van der Waals surface area contributed by atoms with Crippen LogP contribution in [-0.2, 0) is 6.54 Å². The van der Waals surface area contributed by atoms with Crippen molar-refractivity contribution in [2.45, 2.75) is 45.9 Å². The molecule has 1 unspecified atom stereocenters. The van der Waals surface area contributed by atoms with E-state index >= 15 is 0 Å². The summed E-state index contributed by atoms with van der Waals surface area (Å²) in [6.45, 7) is 9.33. The van der Waals surface area contributed by atoms with E-state index in [1.54, 1.807) is 6.92 Å². The highest BCUT2D eigenvalue weighted by atomic mass is 16.3. The quantitative estimate of drug-likeness (QED) is 0.865. The Balaban J connectivity index is 2.88. The fourth-order valence-corrected chi connectivity index (χ4v) is 1.98. The molecule has 0 saturated carbocycles. The van der Waals surface area contributed by atoms with Crippen LogP contribution in [0.4, 0.5) is 5.69 Å². The number of benzene rings is 1.